The Bertz CT molecular complexity index is 860. The first kappa shape index (κ1) is 21.7. The summed E-state index contributed by atoms with van der Waals surface area (Å²) >= 11 is 0. The average Bonchev–Trinajstić information content (AvgIpc) is 3.26. The Morgan fingerprint density at radius 3 is 2.33 bits per heavy atom. The number of nitrogens with two attached hydrogens (primary N) is 1. The summed E-state index contributed by atoms with van der Waals surface area (Å²) in [6, 6.07) is 2.65. The third-order valence-corrected chi connectivity index (χ3v) is 3.76. The number of carbonyl (C=O) groups is 2. The van der Waals surface area contributed by atoms with Crippen LogP contribution in [0.1, 0.15) is 27.4 Å². The van der Waals surface area contributed by atoms with Crippen molar-refractivity contribution < 1.29 is 14.5 Å². The molecule has 0 saturated carbocycles. The van der Waals surface area contributed by atoms with E-state index in [2.05, 4.69) is 9.97 Å². The van der Waals surface area contributed by atoms with Crippen molar-refractivity contribution in [3.05, 3.63) is 46.0 Å². The molecule has 5 N–H and O–H groups in total. The fourth-order valence-electron chi connectivity index (χ4n) is 2.21. The van der Waals surface area contributed by atoms with Gasteiger partial charge in [-0.3, -0.25) is 25.1 Å². The lowest BCUT2D eigenvalue weighted by Gasteiger charge is -2.16. The molecule has 146 valence electrons. The Labute approximate surface area is 160 Å². The number of nitro groups is 1. The minimum Gasteiger partial charge on any atom is -0.388 e. The Kier molecular flexibility index (Phi) is 7.11. The number of H-pyrrole nitrogens is 2. The lowest BCUT2D eigenvalue weighted by Crippen LogP contribution is -2.30. The molecule has 0 radical (unpaired) electrons. The molecule has 2 rings (SSSR count). The van der Waals surface area contributed by atoms with Gasteiger partial charge in [0.25, 0.3) is 17.5 Å². The van der Waals surface area contributed by atoms with Gasteiger partial charge < -0.3 is 25.5 Å². The highest BCUT2D eigenvalue weighted by Gasteiger charge is 2.21. The van der Waals surface area contributed by atoms with Gasteiger partial charge in [0.2, 0.25) is 0 Å². The number of amidine groups is 1. The fraction of sp³-hybridized carbons (Fsp3) is 0.267. The van der Waals surface area contributed by atoms with Crippen LogP contribution in [-0.2, 0) is 0 Å². The number of carbonyl (C=O) groups excluding carboxylic acids is 2. The van der Waals surface area contributed by atoms with Crippen molar-refractivity contribution in [2.75, 3.05) is 25.5 Å². The van der Waals surface area contributed by atoms with Gasteiger partial charge in [-0.1, -0.05) is 0 Å². The lowest BCUT2D eigenvalue weighted by molar-refractivity contribution is -0.384. The van der Waals surface area contributed by atoms with E-state index in [0.29, 0.717) is 12.2 Å². The number of aromatic amines is 2. The van der Waals surface area contributed by atoms with Crippen LogP contribution in [0.2, 0.25) is 0 Å². The molecule has 2 heterocycles. The van der Waals surface area contributed by atoms with Crippen LogP contribution in [0.4, 0.5) is 11.4 Å². The van der Waals surface area contributed by atoms with Gasteiger partial charge in [0.05, 0.1) is 22.6 Å². The summed E-state index contributed by atoms with van der Waals surface area (Å²) in [5.74, 6) is -0.808. The molecule has 27 heavy (non-hydrogen) atoms. The number of hydrogen-bond donors (Lipinski definition) is 4. The van der Waals surface area contributed by atoms with E-state index in [0.717, 1.165) is 12.3 Å². The zero-order chi connectivity index (χ0) is 19.4. The Hall–Kier alpha value is -3.34. The third-order valence-electron chi connectivity index (χ3n) is 3.76. The normalized spacial score (nSPS) is 10.0. The average molecular weight is 398 g/mol. The zero-order valence-corrected chi connectivity index (χ0v) is 15.5. The van der Waals surface area contributed by atoms with E-state index in [9.17, 15) is 19.7 Å². The molecule has 0 aliphatic heterocycles. The highest BCUT2D eigenvalue weighted by atomic mass is 35.5. The summed E-state index contributed by atoms with van der Waals surface area (Å²) < 4.78 is 0. The second-order valence-corrected chi connectivity index (χ2v) is 5.67. The van der Waals surface area contributed by atoms with Crippen molar-refractivity contribution in [1.29, 1.82) is 5.41 Å². The van der Waals surface area contributed by atoms with Gasteiger partial charge >= 0.3 is 0 Å². The molecular formula is C15H20ClN7O4. The van der Waals surface area contributed by atoms with Gasteiger partial charge in [-0.25, -0.2) is 0 Å². The first-order valence-electron chi connectivity index (χ1n) is 7.58. The molecule has 0 unspecified atom stereocenters. The quantitative estimate of drug-likeness (QED) is 0.239. The van der Waals surface area contributed by atoms with Gasteiger partial charge in [0, 0.05) is 39.3 Å². The second kappa shape index (κ2) is 8.85. The minimum absolute atomic E-state index is 0. The number of rotatable bonds is 7. The molecule has 0 atom stereocenters. The van der Waals surface area contributed by atoms with E-state index in [4.69, 9.17) is 11.1 Å². The summed E-state index contributed by atoms with van der Waals surface area (Å²) in [4.78, 5) is 42.8. The number of nitrogens with zero attached hydrogens (tertiary/aromatic N) is 3. The van der Waals surface area contributed by atoms with Crippen LogP contribution >= 0.6 is 12.4 Å². The Morgan fingerprint density at radius 1 is 1.19 bits per heavy atom. The van der Waals surface area contributed by atoms with Gasteiger partial charge in [-0.2, -0.15) is 0 Å². The van der Waals surface area contributed by atoms with Crippen molar-refractivity contribution in [1.82, 2.24) is 14.9 Å². The predicted molar refractivity (Wildman–Crippen MR) is 102 cm³/mol. The SMILES string of the molecule is CN(CCC(=N)N)C(=O)c1cc(N(C)C(=O)c2cc([N+](=O)[O-])c[nH]2)c[nH]1.Cl. The summed E-state index contributed by atoms with van der Waals surface area (Å²) in [6.07, 6.45) is 2.89. The molecule has 0 saturated heterocycles. The maximum Gasteiger partial charge on any atom is 0.287 e. The van der Waals surface area contributed by atoms with E-state index >= 15 is 0 Å². The monoisotopic (exact) mass is 397 g/mol. The number of hydrogen-bond acceptors (Lipinski definition) is 5. The Morgan fingerprint density at radius 2 is 1.78 bits per heavy atom. The van der Waals surface area contributed by atoms with Crippen molar-refractivity contribution in [3.63, 3.8) is 0 Å². The number of halogens is 1. The first-order valence-corrected chi connectivity index (χ1v) is 7.58. The van der Waals surface area contributed by atoms with E-state index in [1.165, 1.54) is 29.1 Å². The van der Waals surface area contributed by atoms with Crippen LogP contribution in [0.25, 0.3) is 0 Å². The highest BCUT2D eigenvalue weighted by Crippen LogP contribution is 2.19. The lowest BCUT2D eigenvalue weighted by atomic mass is 10.3. The number of nitrogens with one attached hydrogen (secondary N) is 3. The summed E-state index contributed by atoms with van der Waals surface area (Å²) in [5, 5.41) is 17.9. The highest BCUT2D eigenvalue weighted by molar-refractivity contribution is 6.05. The van der Waals surface area contributed by atoms with E-state index < -0.39 is 10.8 Å². The largest absolute Gasteiger partial charge is 0.388 e. The second-order valence-electron chi connectivity index (χ2n) is 5.67. The van der Waals surface area contributed by atoms with Crippen LogP contribution in [0, 0.1) is 15.5 Å². The fourth-order valence-corrected chi connectivity index (χ4v) is 2.21. The zero-order valence-electron chi connectivity index (χ0n) is 14.7. The predicted octanol–water partition coefficient (Wildman–Crippen LogP) is 1.35. The molecular weight excluding hydrogens is 378 g/mol. The summed E-state index contributed by atoms with van der Waals surface area (Å²) in [7, 11) is 3.07. The maximum atomic E-state index is 12.4. The first-order chi connectivity index (χ1) is 12.2. The molecule has 0 fully saturated rings. The number of anilines is 1. The maximum absolute atomic E-state index is 12.4. The van der Waals surface area contributed by atoms with Crippen LogP contribution in [0.15, 0.2) is 24.5 Å². The third kappa shape index (κ3) is 5.07. The molecule has 0 aliphatic carbocycles. The van der Waals surface area contributed by atoms with E-state index in [1.54, 1.807) is 7.05 Å². The standard InChI is InChI=1S/C15H19N7O4.ClH/c1-20(4-3-13(16)17)14(23)11-5-9(7-18-11)21(2)15(24)12-6-10(8-19-12)22(25)26;/h5-8,18-19H,3-4H2,1-2H3,(H3,16,17);1H. The van der Waals surface area contributed by atoms with Gasteiger partial charge in [0.1, 0.15) is 11.4 Å². The molecule has 12 heteroatoms. The van der Waals surface area contributed by atoms with Crippen molar-refractivity contribution >= 4 is 41.4 Å². The molecule has 0 bridgehead atoms. The molecule has 11 nitrogen and oxygen atoms in total. The van der Waals surface area contributed by atoms with Gasteiger partial charge in [-0.15, -0.1) is 12.4 Å². The van der Waals surface area contributed by atoms with E-state index in [1.807, 2.05) is 0 Å². The van der Waals surface area contributed by atoms with Crippen LogP contribution in [-0.4, -0.2) is 58.1 Å². The van der Waals surface area contributed by atoms with Crippen LogP contribution < -0.4 is 10.6 Å². The molecule has 2 amide bonds. The van der Waals surface area contributed by atoms with Crippen LogP contribution in [0.3, 0.4) is 0 Å². The summed E-state index contributed by atoms with van der Waals surface area (Å²) in [6.45, 7) is 0.295. The molecule has 2 aromatic heterocycles. The van der Waals surface area contributed by atoms with Gasteiger partial charge in [0.15, 0.2) is 0 Å². The van der Waals surface area contributed by atoms with Crippen molar-refractivity contribution in [3.8, 4) is 0 Å². The topological polar surface area (TPSA) is 165 Å². The number of aromatic nitrogens is 2. The smallest absolute Gasteiger partial charge is 0.287 e. The summed E-state index contributed by atoms with van der Waals surface area (Å²) in [5.41, 5.74) is 5.83. The number of amides is 2. The van der Waals surface area contributed by atoms with E-state index in [-0.39, 0.29) is 47.6 Å². The molecule has 0 spiro atoms. The molecule has 0 aliphatic rings. The van der Waals surface area contributed by atoms with Crippen molar-refractivity contribution in [2.24, 2.45) is 5.73 Å². The van der Waals surface area contributed by atoms with Crippen LogP contribution in [0.5, 0.6) is 0 Å². The molecule has 0 aromatic carbocycles. The van der Waals surface area contributed by atoms with Gasteiger partial charge in [-0.05, 0) is 6.07 Å². The molecule has 2 aromatic rings. The Balaban J connectivity index is 0.00000364. The minimum atomic E-state index is -0.600. The van der Waals surface area contributed by atoms with Crippen molar-refractivity contribution in [2.45, 2.75) is 6.42 Å².